The van der Waals surface area contributed by atoms with Gasteiger partial charge in [0.1, 0.15) is 11.5 Å². The highest BCUT2D eigenvalue weighted by Crippen LogP contribution is 2.34. The highest BCUT2D eigenvalue weighted by molar-refractivity contribution is 5.92. The van der Waals surface area contributed by atoms with Gasteiger partial charge in [0.25, 0.3) is 5.91 Å². The van der Waals surface area contributed by atoms with E-state index >= 15 is 0 Å². The normalized spacial score (nSPS) is 19.1. The molecule has 1 atom stereocenters. The van der Waals surface area contributed by atoms with Crippen molar-refractivity contribution in [2.45, 2.75) is 57.5 Å². The Hall–Kier alpha value is -2.98. The van der Waals surface area contributed by atoms with E-state index in [9.17, 15) is 4.79 Å². The molecule has 0 spiro atoms. The van der Waals surface area contributed by atoms with Crippen LogP contribution in [0, 0.1) is 5.92 Å². The van der Waals surface area contributed by atoms with Crippen molar-refractivity contribution in [2.24, 2.45) is 13.0 Å². The molecule has 1 saturated heterocycles. The number of ether oxygens (including phenoxy) is 1. The second-order valence-corrected chi connectivity index (χ2v) is 10.1. The summed E-state index contributed by atoms with van der Waals surface area (Å²) in [7, 11) is 3.43. The number of aryl methyl sites for hydroxylation is 1. The van der Waals surface area contributed by atoms with Gasteiger partial charge in [0.05, 0.1) is 24.4 Å². The zero-order chi connectivity index (χ0) is 24.9. The van der Waals surface area contributed by atoms with Crippen LogP contribution < -0.4 is 15.4 Å². The lowest BCUT2D eigenvalue weighted by molar-refractivity contribution is 0.0902. The quantitative estimate of drug-likeness (QED) is 0.463. The maximum absolute atomic E-state index is 13.3. The Labute approximate surface area is 212 Å². The zero-order valence-corrected chi connectivity index (χ0v) is 21.4. The van der Waals surface area contributed by atoms with E-state index in [0.717, 1.165) is 62.6 Å². The molecule has 4 heterocycles. The monoisotopic (exact) mass is 494 g/mol. The molecule has 10 heteroatoms. The van der Waals surface area contributed by atoms with Gasteiger partial charge in [-0.1, -0.05) is 32.1 Å². The number of H-pyrrole nitrogens is 1. The third kappa shape index (κ3) is 5.54. The fourth-order valence-corrected chi connectivity index (χ4v) is 5.57. The van der Waals surface area contributed by atoms with Crippen molar-refractivity contribution in [1.29, 1.82) is 0 Å². The summed E-state index contributed by atoms with van der Waals surface area (Å²) in [4.78, 5) is 28.9. The lowest BCUT2D eigenvalue weighted by atomic mass is 9.85. The molecule has 3 aromatic rings. The van der Waals surface area contributed by atoms with E-state index in [1.54, 1.807) is 31.1 Å². The van der Waals surface area contributed by atoms with Gasteiger partial charge in [-0.25, -0.2) is 9.97 Å². The molecule has 2 fully saturated rings. The second-order valence-electron chi connectivity index (χ2n) is 10.1. The molecule has 1 amide bonds. The number of hydrogen-bond acceptors (Lipinski definition) is 7. The van der Waals surface area contributed by atoms with Crippen molar-refractivity contribution in [3.8, 4) is 5.88 Å². The van der Waals surface area contributed by atoms with Crippen LogP contribution in [-0.2, 0) is 13.6 Å². The number of fused-ring (bicyclic) bond motifs is 1. The number of rotatable bonds is 7. The smallest absolute Gasteiger partial charge is 0.270 e. The van der Waals surface area contributed by atoms with E-state index in [1.165, 1.54) is 32.1 Å². The van der Waals surface area contributed by atoms with E-state index in [0.29, 0.717) is 23.0 Å². The molecule has 0 aromatic carbocycles. The van der Waals surface area contributed by atoms with Crippen LogP contribution >= 0.6 is 0 Å². The minimum atomic E-state index is -0.223. The van der Waals surface area contributed by atoms with Gasteiger partial charge in [-0.3, -0.25) is 14.4 Å². The molecule has 36 heavy (non-hydrogen) atoms. The Morgan fingerprint density at radius 3 is 2.61 bits per heavy atom. The van der Waals surface area contributed by atoms with Gasteiger partial charge in [0, 0.05) is 46.0 Å². The third-order valence-electron chi connectivity index (χ3n) is 7.55. The average Bonchev–Trinajstić information content (AvgIpc) is 3.49. The SMILES string of the molecule is COc1nc(CN2CCNCC2)cc2[nH]c(C(NC(=O)c3ccnn3C)C3CCCCCCC3)nc12. The van der Waals surface area contributed by atoms with Crippen molar-refractivity contribution in [3.63, 3.8) is 0 Å². The molecule has 2 aliphatic rings. The average molecular weight is 495 g/mol. The third-order valence-corrected chi connectivity index (χ3v) is 7.55. The molecule has 3 N–H and O–H groups in total. The molecule has 1 saturated carbocycles. The van der Waals surface area contributed by atoms with Gasteiger partial charge in [0.15, 0.2) is 5.52 Å². The molecule has 5 rings (SSSR count). The lowest BCUT2D eigenvalue weighted by Crippen LogP contribution is -2.43. The van der Waals surface area contributed by atoms with Crippen LogP contribution in [0.2, 0.25) is 0 Å². The van der Waals surface area contributed by atoms with Crippen molar-refractivity contribution in [1.82, 2.24) is 40.3 Å². The van der Waals surface area contributed by atoms with Crippen molar-refractivity contribution in [2.75, 3.05) is 33.3 Å². The van der Waals surface area contributed by atoms with Crippen molar-refractivity contribution in [3.05, 3.63) is 35.5 Å². The summed E-state index contributed by atoms with van der Waals surface area (Å²) in [6.45, 7) is 4.76. The number of amides is 1. The minimum absolute atomic E-state index is 0.132. The first-order chi connectivity index (χ1) is 17.6. The fourth-order valence-electron chi connectivity index (χ4n) is 5.57. The molecule has 1 unspecified atom stereocenters. The second kappa shape index (κ2) is 11.4. The van der Waals surface area contributed by atoms with Gasteiger partial charge in [-0.05, 0) is 30.9 Å². The number of pyridine rings is 1. The number of nitrogens with one attached hydrogen (secondary N) is 3. The summed E-state index contributed by atoms with van der Waals surface area (Å²) >= 11 is 0. The van der Waals surface area contributed by atoms with Crippen LogP contribution in [0.3, 0.4) is 0 Å². The number of nitrogens with zero attached hydrogens (tertiary/aromatic N) is 5. The summed E-state index contributed by atoms with van der Waals surface area (Å²) in [6, 6.07) is 3.60. The highest BCUT2D eigenvalue weighted by Gasteiger charge is 2.30. The number of carbonyl (C=O) groups is 1. The minimum Gasteiger partial charge on any atom is -0.479 e. The fraction of sp³-hybridized carbons (Fsp3) is 0.615. The van der Waals surface area contributed by atoms with E-state index in [1.807, 2.05) is 0 Å². The van der Waals surface area contributed by atoms with Crippen LogP contribution in [0.4, 0.5) is 0 Å². The highest BCUT2D eigenvalue weighted by atomic mass is 16.5. The van der Waals surface area contributed by atoms with Gasteiger partial charge in [-0.15, -0.1) is 0 Å². The number of imidazole rings is 1. The van der Waals surface area contributed by atoms with Gasteiger partial charge < -0.3 is 20.4 Å². The molecular weight excluding hydrogens is 456 g/mol. The van der Waals surface area contributed by atoms with Crippen molar-refractivity contribution >= 4 is 16.9 Å². The number of piperazine rings is 1. The first kappa shape index (κ1) is 24.7. The number of aromatic nitrogens is 5. The number of aromatic amines is 1. The van der Waals surface area contributed by atoms with Crippen LogP contribution in [0.25, 0.3) is 11.0 Å². The first-order valence-corrected chi connectivity index (χ1v) is 13.3. The molecule has 1 aliphatic heterocycles. The number of hydrogen-bond donors (Lipinski definition) is 3. The summed E-state index contributed by atoms with van der Waals surface area (Å²) in [5.74, 6) is 1.47. The van der Waals surface area contributed by atoms with E-state index in [2.05, 4.69) is 31.7 Å². The summed E-state index contributed by atoms with van der Waals surface area (Å²) in [5.41, 5.74) is 3.10. The van der Waals surface area contributed by atoms with Crippen LogP contribution in [0.15, 0.2) is 18.3 Å². The topological polar surface area (TPSA) is 113 Å². The maximum atomic E-state index is 13.3. The van der Waals surface area contributed by atoms with E-state index in [-0.39, 0.29) is 11.9 Å². The zero-order valence-electron chi connectivity index (χ0n) is 21.4. The van der Waals surface area contributed by atoms with Crippen LogP contribution in [0.5, 0.6) is 5.88 Å². The van der Waals surface area contributed by atoms with Crippen LogP contribution in [-0.4, -0.2) is 68.8 Å². The predicted octanol–water partition coefficient (Wildman–Crippen LogP) is 2.94. The Bertz CT molecular complexity index is 1160. The molecule has 0 radical (unpaired) electrons. The molecule has 1 aliphatic carbocycles. The van der Waals surface area contributed by atoms with Gasteiger partial charge >= 0.3 is 0 Å². The summed E-state index contributed by atoms with van der Waals surface area (Å²) < 4.78 is 7.27. The Balaban J connectivity index is 1.47. The molecule has 3 aromatic heterocycles. The Kier molecular flexibility index (Phi) is 7.81. The number of carbonyl (C=O) groups excluding carboxylic acids is 1. The Morgan fingerprint density at radius 1 is 1.17 bits per heavy atom. The summed E-state index contributed by atoms with van der Waals surface area (Å²) in [6.07, 6.45) is 9.90. The maximum Gasteiger partial charge on any atom is 0.270 e. The number of methoxy groups -OCH3 is 1. The predicted molar refractivity (Wildman–Crippen MR) is 138 cm³/mol. The molecule has 0 bridgehead atoms. The standard InChI is InChI=1S/C26H38N8O2/c1-33-21(10-11-28-33)25(35)32-22(18-8-6-4-3-5-7-9-18)24-30-20-16-19(17-34-14-12-27-13-15-34)29-26(36-2)23(20)31-24/h10-11,16,18,22,27H,3-9,12-15,17H2,1-2H3,(H,30,31)(H,32,35). The largest absolute Gasteiger partial charge is 0.479 e. The molecule has 194 valence electrons. The van der Waals surface area contributed by atoms with E-state index in [4.69, 9.17) is 14.7 Å². The lowest BCUT2D eigenvalue weighted by Gasteiger charge is -2.28. The molecule has 10 nitrogen and oxygen atoms in total. The first-order valence-electron chi connectivity index (χ1n) is 13.3. The van der Waals surface area contributed by atoms with E-state index < -0.39 is 0 Å². The van der Waals surface area contributed by atoms with Crippen LogP contribution in [0.1, 0.15) is 73.0 Å². The van der Waals surface area contributed by atoms with Gasteiger partial charge in [0.2, 0.25) is 5.88 Å². The summed E-state index contributed by atoms with van der Waals surface area (Å²) in [5, 5.41) is 10.9. The molecular formula is C26H38N8O2. The van der Waals surface area contributed by atoms with Crippen molar-refractivity contribution < 1.29 is 9.53 Å². The van der Waals surface area contributed by atoms with Gasteiger partial charge in [-0.2, -0.15) is 5.10 Å². The Morgan fingerprint density at radius 2 is 1.92 bits per heavy atom.